The lowest BCUT2D eigenvalue weighted by molar-refractivity contribution is 0.0476. The average Bonchev–Trinajstić information content (AvgIpc) is 3.24. The summed E-state index contributed by atoms with van der Waals surface area (Å²) in [5, 5.41) is 0. The molecule has 3 heterocycles. The van der Waals surface area contributed by atoms with E-state index in [1.807, 2.05) is 13.0 Å². The van der Waals surface area contributed by atoms with Gasteiger partial charge in [-0.05, 0) is 44.0 Å². The number of aromatic nitrogens is 1. The van der Waals surface area contributed by atoms with Gasteiger partial charge in [-0.25, -0.2) is 9.78 Å². The van der Waals surface area contributed by atoms with E-state index in [9.17, 15) is 9.59 Å². The first-order valence-electron chi connectivity index (χ1n) is 7.62. The highest BCUT2D eigenvalue weighted by Gasteiger charge is 2.22. The van der Waals surface area contributed by atoms with Crippen LogP contribution in [0.3, 0.4) is 0 Å². The SMILES string of the molecule is Cc1ccc(C(=O)COC(=O)c2cccnc2N2CCCC2)s1. The van der Waals surface area contributed by atoms with Crippen molar-refractivity contribution in [3.63, 3.8) is 0 Å². The number of Topliss-reactive ketones (excluding diaryl/α,β-unsaturated/α-hetero) is 1. The highest BCUT2D eigenvalue weighted by molar-refractivity contribution is 7.14. The summed E-state index contributed by atoms with van der Waals surface area (Å²) in [5.74, 6) is -0.0286. The fourth-order valence-electron chi connectivity index (χ4n) is 2.60. The van der Waals surface area contributed by atoms with Gasteiger partial charge in [0.25, 0.3) is 0 Å². The lowest BCUT2D eigenvalue weighted by Gasteiger charge is -2.18. The van der Waals surface area contributed by atoms with Gasteiger partial charge in [-0.15, -0.1) is 11.3 Å². The molecule has 2 aromatic heterocycles. The normalized spacial score (nSPS) is 14.0. The van der Waals surface area contributed by atoms with E-state index in [1.54, 1.807) is 24.4 Å². The number of ether oxygens (including phenoxy) is 1. The molecule has 0 radical (unpaired) electrons. The molecule has 0 bridgehead atoms. The van der Waals surface area contributed by atoms with Gasteiger partial charge in [0.15, 0.2) is 6.61 Å². The van der Waals surface area contributed by atoms with Crippen molar-refractivity contribution in [1.29, 1.82) is 0 Å². The van der Waals surface area contributed by atoms with Crippen LogP contribution < -0.4 is 4.90 Å². The molecule has 0 unspecified atom stereocenters. The third-order valence-corrected chi connectivity index (χ3v) is 4.80. The van der Waals surface area contributed by atoms with E-state index >= 15 is 0 Å². The van der Waals surface area contributed by atoms with Crippen LogP contribution in [0.5, 0.6) is 0 Å². The van der Waals surface area contributed by atoms with E-state index < -0.39 is 5.97 Å². The Hall–Kier alpha value is -2.21. The number of aryl methyl sites for hydroxylation is 1. The van der Waals surface area contributed by atoms with Crippen molar-refractivity contribution in [1.82, 2.24) is 4.98 Å². The first kappa shape index (κ1) is 15.7. The van der Waals surface area contributed by atoms with E-state index in [2.05, 4.69) is 9.88 Å². The van der Waals surface area contributed by atoms with Gasteiger partial charge in [0.05, 0.1) is 4.88 Å². The first-order valence-corrected chi connectivity index (χ1v) is 8.43. The molecule has 0 N–H and O–H groups in total. The zero-order chi connectivity index (χ0) is 16.2. The number of nitrogens with zero attached hydrogens (tertiary/aromatic N) is 2. The zero-order valence-corrected chi connectivity index (χ0v) is 13.8. The zero-order valence-electron chi connectivity index (χ0n) is 12.9. The minimum atomic E-state index is -0.498. The summed E-state index contributed by atoms with van der Waals surface area (Å²) >= 11 is 1.41. The maximum absolute atomic E-state index is 12.3. The molecule has 5 nitrogen and oxygen atoms in total. The second-order valence-corrected chi connectivity index (χ2v) is 6.77. The van der Waals surface area contributed by atoms with Gasteiger partial charge in [-0.2, -0.15) is 0 Å². The lowest BCUT2D eigenvalue weighted by Crippen LogP contribution is -2.23. The Bertz CT molecular complexity index is 720. The predicted molar refractivity (Wildman–Crippen MR) is 89.4 cm³/mol. The number of esters is 1. The second kappa shape index (κ2) is 6.91. The smallest absolute Gasteiger partial charge is 0.342 e. The molecule has 1 aliphatic rings. The topological polar surface area (TPSA) is 59.5 Å². The van der Waals surface area contributed by atoms with Gasteiger partial charge in [0, 0.05) is 24.2 Å². The van der Waals surface area contributed by atoms with Gasteiger partial charge in [-0.3, -0.25) is 4.79 Å². The first-order chi connectivity index (χ1) is 11.1. The highest BCUT2D eigenvalue weighted by Crippen LogP contribution is 2.23. The van der Waals surface area contributed by atoms with Crippen LogP contribution in [0.2, 0.25) is 0 Å². The molecular formula is C17H18N2O3S. The van der Waals surface area contributed by atoms with Gasteiger partial charge in [0.1, 0.15) is 11.4 Å². The minimum absolute atomic E-state index is 0.178. The Kier molecular flexibility index (Phi) is 4.71. The highest BCUT2D eigenvalue weighted by atomic mass is 32.1. The number of carbonyl (C=O) groups is 2. The lowest BCUT2D eigenvalue weighted by atomic mass is 10.2. The Morgan fingerprint density at radius 3 is 2.74 bits per heavy atom. The standard InChI is InChI=1S/C17H18N2O3S/c1-12-6-7-15(23-12)14(20)11-22-17(21)13-5-4-8-18-16(13)19-9-2-3-10-19/h4-8H,2-3,9-11H2,1H3. The number of anilines is 1. The molecule has 120 valence electrons. The van der Waals surface area contributed by atoms with E-state index in [0.29, 0.717) is 16.3 Å². The van der Waals surface area contributed by atoms with Crippen molar-refractivity contribution >= 4 is 28.9 Å². The number of thiophene rings is 1. The van der Waals surface area contributed by atoms with Crippen LogP contribution in [0.15, 0.2) is 30.5 Å². The summed E-state index contributed by atoms with van der Waals surface area (Å²) < 4.78 is 5.21. The molecular weight excluding hydrogens is 312 g/mol. The van der Waals surface area contributed by atoms with Crippen molar-refractivity contribution in [2.24, 2.45) is 0 Å². The van der Waals surface area contributed by atoms with Gasteiger partial charge in [0.2, 0.25) is 5.78 Å². The summed E-state index contributed by atoms with van der Waals surface area (Å²) in [6, 6.07) is 7.05. The molecule has 0 amide bonds. The molecule has 0 atom stereocenters. The summed E-state index contributed by atoms with van der Waals surface area (Å²) in [5.41, 5.74) is 0.421. The molecule has 23 heavy (non-hydrogen) atoms. The molecule has 1 fully saturated rings. The van der Waals surface area contributed by atoms with E-state index in [1.165, 1.54) is 11.3 Å². The number of hydrogen-bond acceptors (Lipinski definition) is 6. The summed E-state index contributed by atoms with van der Waals surface area (Å²) in [4.78, 5) is 32.4. The average molecular weight is 330 g/mol. The van der Waals surface area contributed by atoms with Crippen LogP contribution in [-0.4, -0.2) is 36.4 Å². The minimum Gasteiger partial charge on any atom is -0.454 e. The predicted octanol–water partition coefficient (Wildman–Crippen LogP) is 3.09. The molecule has 0 saturated carbocycles. The summed E-state index contributed by atoms with van der Waals surface area (Å²) in [6.45, 7) is 3.48. The maximum atomic E-state index is 12.3. The van der Waals surface area contributed by atoms with Gasteiger partial charge in [-0.1, -0.05) is 0 Å². The molecule has 0 aliphatic carbocycles. The fraction of sp³-hybridized carbons (Fsp3) is 0.353. The Morgan fingerprint density at radius 1 is 1.26 bits per heavy atom. The molecule has 1 aliphatic heterocycles. The molecule has 0 aromatic carbocycles. The van der Waals surface area contributed by atoms with Crippen molar-refractivity contribution in [3.05, 3.63) is 45.8 Å². The van der Waals surface area contributed by atoms with Crippen LogP contribution in [0.25, 0.3) is 0 Å². The third kappa shape index (κ3) is 3.59. The van der Waals surface area contributed by atoms with Crippen LogP contribution in [0, 0.1) is 6.92 Å². The van der Waals surface area contributed by atoms with Crippen molar-refractivity contribution < 1.29 is 14.3 Å². The number of pyridine rings is 1. The quantitative estimate of drug-likeness (QED) is 0.623. The third-order valence-electron chi connectivity index (χ3n) is 3.76. The Morgan fingerprint density at radius 2 is 2.04 bits per heavy atom. The Balaban J connectivity index is 1.67. The van der Waals surface area contributed by atoms with E-state index in [-0.39, 0.29) is 12.4 Å². The Labute approximate surface area is 138 Å². The van der Waals surface area contributed by atoms with Gasteiger partial charge < -0.3 is 9.64 Å². The van der Waals surface area contributed by atoms with Crippen LogP contribution in [0.1, 0.15) is 37.7 Å². The monoisotopic (exact) mass is 330 g/mol. The molecule has 6 heteroatoms. The number of hydrogen-bond donors (Lipinski definition) is 0. The van der Waals surface area contributed by atoms with Crippen molar-refractivity contribution in [2.45, 2.75) is 19.8 Å². The largest absolute Gasteiger partial charge is 0.454 e. The summed E-state index contributed by atoms with van der Waals surface area (Å²) in [6.07, 6.45) is 3.87. The maximum Gasteiger partial charge on any atom is 0.342 e. The van der Waals surface area contributed by atoms with Crippen LogP contribution in [-0.2, 0) is 4.74 Å². The number of ketones is 1. The van der Waals surface area contributed by atoms with E-state index in [0.717, 1.165) is 30.8 Å². The van der Waals surface area contributed by atoms with Crippen molar-refractivity contribution in [2.75, 3.05) is 24.6 Å². The number of carbonyl (C=O) groups excluding carboxylic acids is 2. The van der Waals surface area contributed by atoms with Crippen molar-refractivity contribution in [3.8, 4) is 0 Å². The van der Waals surface area contributed by atoms with Gasteiger partial charge >= 0.3 is 5.97 Å². The molecule has 0 spiro atoms. The fourth-order valence-corrected chi connectivity index (χ4v) is 3.39. The van der Waals surface area contributed by atoms with Crippen LogP contribution >= 0.6 is 11.3 Å². The second-order valence-electron chi connectivity index (χ2n) is 5.48. The summed E-state index contributed by atoms with van der Waals surface area (Å²) in [7, 11) is 0. The van der Waals surface area contributed by atoms with E-state index in [4.69, 9.17) is 4.74 Å². The van der Waals surface area contributed by atoms with Crippen LogP contribution in [0.4, 0.5) is 5.82 Å². The number of rotatable bonds is 5. The molecule has 2 aromatic rings. The molecule has 1 saturated heterocycles. The molecule has 3 rings (SSSR count).